The van der Waals surface area contributed by atoms with Crippen molar-refractivity contribution < 1.29 is 37.7 Å². The Labute approximate surface area is 237 Å². The van der Waals surface area contributed by atoms with Crippen LogP contribution < -0.4 is 20.7 Å². The molecule has 2 amide bonds. The standard InChI is InChI=1S/C24H20F2N6O5S3/c1-11-12-5-8-38-15(12)4-7-31(11)6-2-3-16-19(22(35)36)32-14(10-39-16)18(21(32)34)29-20(33)17(30-37-23(25)26)13-9-40-24(27)28-13/h2-5,7-9,14,18,23H,6,10H2,1H3,(H3-,27,28,29,33,35,36)/b3-2+,30-17?. The molecule has 0 bridgehead atoms. The molecule has 1 saturated heterocycles. The number of oxime groups is 1. The van der Waals surface area contributed by atoms with Gasteiger partial charge < -0.3 is 30.7 Å². The third-order valence-corrected chi connectivity index (χ3v) is 8.98. The van der Waals surface area contributed by atoms with Crippen LogP contribution >= 0.6 is 34.4 Å². The number of carbonyl (C=O) groups is 3. The maximum Gasteiger partial charge on any atom is 0.407 e. The molecule has 16 heteroatoms. The number of aromatic nitrogens is 2. The fourth-order valence-corrected chi connectivity index (χ4v) is 6.97. The minimum absolute atomic E-state index is 0.0621. The van der Waals surface area contributed by atoms with Gasteiger partial charge in [0.2, 0.25) is 0 Å². The Kier molecular flexibility index (Phi) is 7.82. The van der Waals surface area contributed by atoms with Crippen molar-refractivity contribution in [2.75, 3.05) is 11.5 Å². The molecule has 208 valence electrons. The number of thiophene rings is 1. The van der Waals surface area contributed by atoms with E-state index in [1.165, 1.54) is 21.8 Å². The summed E-state index contributed by atoms with van der Waals surface area (Å²) in [5.41, 5.74) is 5.61. The number of rotatable bonds is 9. The first-order valence-electron chi connectivity index (χ1n) is 11.6. The number of pyridine rings is 1. The number of carboxylic acids is 1. The number of nitrogens with zero attached hydrogens (tertiary/aromatic N) is 4. The molecule has 0 radical (unpaired) electrons. The molecule has 0 aliphatic carbocycles. The molecular weight excluding hydrogens is 586 g/mol. The summed E-state index contributed by atoms with van der Waals surface area (Å²) in [5, 5.41) is 22.2. The number of fused-ring (bicyclic) bond motifs is 2. The van der Waals surface area contributed by atoms with Crippen molar-refractivity contribution >= 4 is 73.1 Å². The number of halogens is 2. The Morgan fingerprint density at radius 2 is 2.20 bits per heavy atom. The fraction of sp³-hybridized carbons (Fsp3) is 0.250. The molecule has 3 aromatic rings. The van der Waals surface area contributed by atoms with Crippen molar-refractivity contribution in [3.05, 3.63) is 63.2 Å². The third-order valence-electron chi connectivity index (χ3n) is 6.28. The van der Waals surface area contributed by atoms with E-state index >= 15 is 0 Å². The number of hydrogen-bond acceptors (Lipinski definition) is 11. The molecule has 0 spiro atoms. The molecule has 40 heavy (non-hydrogen) atoms. The first-order valence-corrected chi connectivity index (χ1v) is 14.4. The Morgan fingerprint density at radius 1 is 1.40 bits per heavy atom. The van der Waals surface area contributed by atoms with Crippen LogP contribution in [0.2, 0.25) is 0 Å². The highest BCUT2D eigenvalue weighted by atomic mass is 32.2. The normalized spacial score (nSPS) is 19.4. The summed E-state index contributed by atoms with van der Waals surface area (Å²) < 4.78 is 28.3. The van der Waals surface area contributed by atoms with E-state index in [-0.39, 0.29) is 22.3 Å². The van der Waals surface area contributed by atoms with E-state index in [0.717, 1.165) is 27.3 Å². The fourth-order valence-electron chi connectivity index (χ4n) is 4.39. The van der Waals surface area contributed by atoms with Gasteiger partial charge in [-0.3, -0.25) is 9.59 Å². The number of amides is 2. The lowest BCUT2D eigenvalue weighted by atomic mass is 9.94. The number of thioether (sulfide) groups is 1. The van der Waals surface area contributed by atoms with Crippen LogP contribution in [0.15, 0.2) is 57.0 Å². The van der Waals surface area contributed by atoms with Gasteiger partial charge in [0.05, 0.1) is 23.1 Å². The number of nitrogens with two attached hydrogens (primary N) is 1. The van der Waals surface area contributed by atoms with E-state index in [1.807, 2.05) is 35.2 Å². The molecule has 2 unspecified atom stereocenters. The SMILES string of the molecule is Cc1c2ccsc2cc[n+]1C/C=C/C1=C(C(=O)[O-])N2C(=O)C(NC(=O)C(=NOC(F)F)c3csc(N)n3)C2CS1. The first kappa shape index (κ1) is 27.7. The van der Waals surface area contributed by atoms with Crippen LogP contribution in [-0.4, -0.2) is 57.8 Å². The maximum atomic E-state index is 13.0. The Hall–Kier alpha value is -3.89. The highest BCUT2D eigenvalue weighted by Gasteiger charge is 2.52. The van der Waals surface area contributed by atoms with Gasteiger partial charge in [-0.2, -0.15) is 13.3 Å². The van der Waals surface area contributed by atoms with Crippen molar-refractivity contribution in [3.63, 3.8) is 0 Å². The topological polar surface area (TPSA) is 154 Å². The molecule has 11 nitrogen and oxygen atoms in total. The lowest BCUT2D eigenvalue weighted by Crippen LogP contribution is -2.73. The van der Waals surface area contributed by atoms with Crippen LogP contribution in [0.5, 0.6) is 0 Å². The molecule has 2 aliphatic rings. The number of anilines is 1. The van der Waals surface area contributed by atoms with E-state index in [1.54, 1.807) is 23.5 Å². The molecule has 5 heterocycles. The van der Waals surface area contributed by atoms with Crippen molar-refractivity contribution in [2.24, 2.45) is 5.16 Å². The molecule has 1 fully saturated rings. The Bertz CT molecular complexity index is 1600. The molecule has 0 aromatic carbocycles. The second-order valence-corrected chi connectivity index (χ2v) is 11.5. The summed E-state index contributed by atoms with van der Waals surface area (Å²) in [5.74, 6) is -2.97. The van der Waals surface area contributed by atoms with E-state index < -0.39 is 42.2 Å². The molecule has 2 atom stereocenters. The van der Waals surface area contributed by atoms with Gasteiger partial charge in [-0.15, -0.1) is 34.4 Å². The van der Waals surface area contributed by atoms with Gasteiger partial charge in [-0.05, 0) is 23.6 Å². The first-order chi connectivity index (χ1) is 19.2. The van der Waals surface area contributed by atoms with Crippen molar-refractivity contribution in [2.45, 2.75) is 32.2 Å². The van der Waals surface area contributed by atoms with Gasteiger partial charge >= 0.3 is 6.61 Å². The van der Waals surface area contributed by atoms with Crippen LogP contribution in [0.1, 0.15) is 11.4 Å². The number of carbonyl (C=O) groups excluding carboxylic acids is 3. The zero-order valence-corrected chi connectivity index (χ0v) is 23.0. The van der Waals surface area contributed by atoms with Crippen LogP contribution in [0, 0.1) is 6.92 Å². The lowest BCUT2D eigenvalue weighted by Gasteiger charge is -2.50. The van der Waals surface area contributed by atoms with Gasteiger partial charge in [0.25, 0.3) is 11.8 Å². The van der Waals surface area contributed by atoms with Gasteiger partial charge in [0.1, 0.15) is 11.7 Å². The summed E-state index contributed by atoms with van der Waals surface area (Å²) >= 11 is 3.80. The van der Waals surface area contributed by atoms with E-state index in [9.17, 15) is 28.3 Å². The van der Waals surface area contributed by atoms with Crippen LogP contribution in [0.3, 0.4) is 0 Å². The minimum atomic E-state index is -3.29. The third kappa shape index (κ3) is 5.29. The number of thiazole rings is 1. The molecular formula is C24H20F2N6O5S3. The largest absolute Gasteiger partial charge is 0.543 e. The van der Waals surface area contributed by atoms with Gasteiger partial charge in [0.15, 0.2) is 29.3 Å². The van der Waals surface area contributed by atoms with Gasteiger partial charge in [-0.25, -0.2) is 4.98 Å². The maximum absolute atomic E-state index is 13.0. The average Bonchev–Trinajstić information content (AvgIpc) is 3.57. The summed E-state index contributed by atoms with van der Waals surface area (Å²) in [6.07, 6.45) is 5.38. The number of nitrogen functional groups attached to an aromatic ring is 1. The summed E-state index contributed by atoms with van der Waals surface area (Å²) in [4.78, 5) is 47.1. The summed E-state index contributed by atoms with van der Waals surface area (Å²) in [6.45, 7) is -0.819. The zero-order valence-electron chi connectivity index (χ0n) is 20.6. The number of alkyl halides is 2. The second kappa shape index (κ2) is 11.3. The molecule has 3 N–H and O–H groups in total. The quantitative estimate of drug-likeness (QED) is 0.159. The minimum Gasteiger partial charge on any atom is -0.543 e. The van der Waals surface area contributed by atoms with Crippen LogP contribution in [-0.2, 0) is 25.8 Å². The van der Waals surface area contributed by atoms with Crippen LogP contribution in [0.25, 0.3) is 10.1 Å². The monoisotopic (exact) mass is 606 g/mol. The van der Waals surface area contributed by atoms with Crippen LogP contribution in [0.4, 0.5) is 13.9 Å². The number of hydrogen-bond donors (Lipinski definition) is 2. The van der Waals surface area contributed by atoms with Gasteiger partial charge in [0, 0.05) is 33.7 Å². The predicted octanol–water partition coefficient (Wildman–Crippen LogP) is 1.14. The number of allylic oxidation sites excluding steroid dienone is 2. The molecule has 5 rings (SSSR count). The number of nitrogens with one attached hydrogen (secondary N) is 1. The van der Waals surface area contributed by atoms with Gasteiger partial charge in [-0.1, -0.05) is 5.16 Å². The average molecular weight is 607 g/mol. The summed E-state index contributed by atoms with van der Waals surface area (Å²) in [6, 6.07) is 2.23. The number of carboxylic acid groups (broad SMARTS) is 1. The van der Waals surface area contributed by atoms with Crippen molar-refractivity contribution in [1.82, 2.24) is 15.2 Å². The van der Waals surface area contributed by atoms with E-state index in [0.29, 0.717) is 11.4 Å². The second-order valence-electron chi connectivity index (χ2n) is 8.57. The highest BCUT2D eigenvalue weighted by Crippen LogP contribution is 2.39. The van der Waals surface area contributed by atoms with Crippen molar-refractivity contribution in [1.29, 1.82) is 0 Å². The molecule has 3 aromatic heterocycles. The number of β-lactam (4-membered cyclic amide) rings is 1. The van der Waals surface area contributed by atoms with E-state index in [4.69, 9.17) is 5.73 Å². The molecule has 2 aliphatic heterocycles. The Morgan fingerprint density at radius 3 is 2.90 bits per heavy atom. The molecule has 0 saturated carbocycles. The zero-order chi connectivity index (χ0) is 28.6. The smallest absolute Gasteiger partial charge is 0.407 e. The number of aliphatic carboxylic acids is 1. The predicted molar refractivity (Wildman–Crippen MR) is 143 cm³/mol. The Balaban J connectivity index is 1.32. The lowest BCUT2D eigenvalue weighted by molar-refractivity contribution is -0.691. The summed E-state index contributed by atoms with van der Waals surface area (Å²) in [7, 11) is 0. The highest BCUT2D eigenvalue weighted by molar-refractivity contribution is 8.03. The van der Waals surface area contributed by atoms with E-state index in [2.05, 4.69) is 20.3 Å². The number of aryl methyl sites for hydroxylation is 1. The van der Waals surface area contributed by atoms with Crippen molar-refractivity contribution in [3.8, 4) is 0 Å².